The molecular weight excluding hydrogens is 220 g/mol. The van der Waals surface area contributed by atoms with Gasteiger partial charge >= 0.3 is 0 Å². The summed E-state index contributed by atoms with van der Waals surface area (Å²) in [6, 6.07) is 0.303. The van der Waals surface area contributed by atoms with Gasteiger partial charge in [0.15, 0.2) is 0 Å². The molecule has 1 amide bonds. The van der Waals surface area contributed by atoms with Crippen LogP contribution in [0.1, 0.15) is 32.1 Å². The Morgan fingerprint density at radius 2 is 1.65 bits per heavy atom. The van der Waals surface area contributed by atoms with Gasteiger partial charge in [-0.1, -0.05) is 0 Å². The molecule has 1 aliphatic carbocycles. The Morgan fingerprint density at radius 1 is 1.12 bits per heavy atom. The number of β-amino-alcohol motifs (C(OH)–C–C–N with tert-alkyl or cyclic N) is 2. The summed E-state index contributed by atoms with van der Waals surface area (Å²) < 4.78 is 0. The van der Waals surface area contributed by atoms with Crippen LogP contribution in [0.5, 0.6) is 0 Å². The monoisotopic (exact) mass is 242 g/mol. The molecule has 5 nitrogen and oxygen atoms in total. The van der Waals surface area contributed by atoms with E-state index in [4.69, 9.17) is 5.73 Å². The number of nitrogens with zero attached hydrogens (tertiary/aromatic N) is 1. The van der Waals surface area contributed by atoms with Gasteiger partial charge in [-0.05, 0) is 31.6 Å². The van der Waals surface area contributed by atoms with E-state index in [-0.39, 0.29) is 19.0 Å². The van der Waals surface area contributed by atoms with Crippen LogP contribution in [0.3, 0.4) is 0 Å². The molecule has 1 heterocycles. The van der Waals surface area contributed by atoms with E-state index >= 15 is 0 Å². The van der Waals surface area contributed by atoms with Crippen molar-refractivity contribution in [3.8, 4) is 0 Å². The lowest BCUT2D eigenvalue weighted by molar-refractivity contribution is -0.132. The molecule has 0 spiro atoms. The maximum Gasteiger partial charge on any atom is 0.223 e. The molecule has 0 aromatic rings. The first kappa shape index (κ1) is 12.8. The Labute approximate surface area is 102 Å². The Bertz CT molecular complexity index is 267. The molecule has 2 atom stereocenters. The lowest BCUT2D eigenvalue weighted by Gasteiger charge is -2.27. The summed E-state index contributed by atoms with van der Waals surface area (Å²) in [6.45, 7) is 0.540. The van der Waals surface area contributed by atoms with Gasteiger partial charge in [-0.3, -0.25) is 4.79 Å². The highest BCUT2D eigenvalue weighted by molar-refractivity contribution is 5.76. The lowest BCUT2D eigenvalue weighted by Crippen LogP contribution is -2.33. The van der Waals surface area contributed by atoms with Crippen LogP contribution in [0.25, 0.3) is 0 Å². The van der Waals surface area contributed by atoms with Crippen molar-refractivity contribution < 1.29 is 15.0 Å². The third-order valence-corrected chi connectivity index (χ3v) is 3.97. The van der Waals surface area contributed by atoms with Crippen LogP contribution < -0.4 is 5.73 Å². The molecule has 98 valence electrons. The first-order valence-corrected chi connectivity index (χ1v) is 6.45. The van der Waals surface area contributed by atoms with Crippen LogP contribution in [0.15, 0.2) is 0 Å². The van der Waals surface area contributed by atoms with Crippen molar-refractivity contribution in [2.75, 3.05) is 13.1 Å². The summed E-state index contributed by atoms with van der Waals surface area (Å²) in [5, 5.41) is 18.8. The number of carbonyl (C=O) groups is 1. The van der Waals surface area contributed by atoms with Crippen molar-refractivity contribution in [2.24, 2.45) is 11.7 Å². The van der Waals surface area contributed by atoms with Crippen LogP contribution in [-0.4, -0.2) is 52.4 Å². The minimum atomic E-state index is -0.779. The van der Waals surface area contributed by atoms with E-state index in [9.17, 15) is 15.0 Å². The summed E-state index contributed by atoms with van der Waals surface area (Å²) in [4.78, 5) is 13.5. The number of hydrogen-bond donors (Lipinski definition) is 3. The van der Waals surface area contributed by atoms with Gasteiger partial charge in [0.2, 0.25) is 5.91 Å². The molecular formula is C12H22N2O3. The molecule has 2 aliphatic rings. The number of aliphatic hydroxyl groups excluding tert-OH is 2. The number of rotatable bonds is 2. The molecule has 0 aromatic carbocycles. The maximum atomic E-state index is 12.0. The average molecular weight is 242 g/mol. The third kappa shape index (κ3) is 3.18. The van der Waals surface area contributed by atoms with Gasteiger partial charge in [0, 0.05) is 25.6 Å². The number of likely N-dealkylation sites (tertiary alicyclic amines) is 1. The van der Waals surface area contributed by atoms with E-state index in [1.807, 2.05) is 0 Å². The minimum absolute atomic E-state index is 0.0565. The Morgan fingerprint density at radius 3 is 2.18 bits per heavy atom. The fourth-order valence-electron chi connectivity index (χ4n) is 2.74. The molecule has 1 saturated heterocycles. The van der Waals surface area contributed by atoms with Gasteiger partial charge < -0.3 is 20.8 Å². The molecule has 2 unspecified atom stereocenters. The van der Waals surface area contributed by atoms with Crippen molar-refractivity contribution in [2.45, 2.75) is 50.4 Å². The Hall–Kier alpha value is -0.650. The summed E-state index contributed by atoms with van der Waals surface area (Å²) in [5.41, 5.74) is 5.82. The Balaban J connectivity index is 1.78. The minimum Gasteiger partial charge on any atom is -0.388 e. The summed E-state index contributed by atoms with van der Waals surface area (Å²) in [7, 11) is 0. The number of amides is 1. The van der Waals surface area contributed by atoms with E-state index in [2.05, 4.69) is 0 Å². The lowest BCUT2D eigenvalue weighted by atomic mass is 9.84. The van der Waals surface area contributed by atoms with Crippen molar-refractivity contribution in [1.29, 1.82) is 0 Å². The van der Waals surface area contributed by atoms with Crippen LogP contribution in [0.4, 0.5) is 0 Å². The van der Waals surface area contributed by atoms with Gasteiger partial charge in [-0.2, -0.15) is 0 Å². The maximum absolute atomic E-state index is 12.0. The zero-order valence-corrected chi connectivity index (χ0v) is 10.1. The van der Waals surface area contributed by atoms with E-state index in [0.717, 1.165) is 25.7 Å². The zero-order chi connectivity index (χ0) is 12.4. The highest BCUT2D eigenvalue weighted by Crippen LogP contribution is 2.27. The number of aliphatic hydroxyl groups is 2. The third-order valence-electron chi connectivity index (χ3n) is 3.97. The largest absolute Gasteiger partial charge is 0.388 e. The fourth-order valence-corrected chi connectivity index (χ4v) is 2.74. The molecule has 17 heavy (non-hydrogen) atoms. The predicted octanol–water partition coefficient (Wildman–Crippen LogP) is -0.542. The number of nitrogens with two attached hydrogens (primary N) is 1. The quantitative estimate of drug-likeness (QED) is 0.607. The standard InChI is InChI=1S/C12H22N2O3/c13-9-3-1-8(2-4-9)5-12(17)14-6-10(15)11(16)7-14/h8-11,15-16H,1-7,13H2. The van der Waals surface area contributed by atoms with Gasteiger partial charge in [0.25, 0.3) is 0 Å². The predicted molar refractivity (Wildman–Crippen MR) is 63.1 cm³/mol. The molecule has 0 bridgehead atoms. The summed E-state index contributed by atoms with van der Waals surface area (Å²) >= 11 is 0. The molecule has 0 aromatic heterocycles. The van der Waals surface area contributed by atoms with Crippen LogP contribution >= 0.6 is 0 Å². The van der Waals surface area contributed by atoms with Crippen LogP contribution in [0, 0.1) is 5.92 Å². The van der Waals surface area contributed by atoms with Crippen molar-refractivity contribution in [1.82, 2.24) is 4.90 Å². The molecule has 2 rings (SSSR count). The first-order chi connectivity index (χ1) is 8.06. The topological polar surface area (TPSA) is 86.8 Å². The Kier molecular flexibility index (Phi) is 4.01. The van der Waals surface area contributed by atoms with Crippen molar-refractivity contribution >= 4 is 5.91 Å². The van der Waals surface area contributed by atoms with Gasteiger partial charge in [0.1, 0.15) is 0 Å². The molecule has 0 radical (unpaired) electrons. The second-order valence-electron chi connectivity index (χ2n) is 5.42. The summed E-state index contributed by atoms with van der Waals surface area (Å²) in [5.74, 6) is 0.484. The van der Waals surface area contributed by atoms with Crippen LogP contribution in [0.2, 0.25) is 0 Å². The fraction of sp³-hybridized carbons (Fsp3) is 0.917. The van der Waals surface area contributed by atoms with Gasteiger partial charge in [-0.25, -0.2) is 0 Å². The van der Waals surface area contributed by atoms with E-state index in [0.29, 0.717) is 18.4 Å². The SMILES string of the molecule is NC1CCC(CC(=O)N2CC(O)C(O)C2)CC1. The smallest absolute Gasteiger partial charge is 0.223 e. The molecule has 1 saturated carbocycles. The van der Waals surface area contributed by atoms with E-state index in [1.165, 1.54) is 0 Å². The number of hydrogen-bond acceptors (Lipinski definition) is 4. The first-order valence-electron chi connectivity index (χ1n) is 6.45. The molecule has 4 N–H and O–H groups in total. The second-order valence-corrected chi connectivity index (χ2v) is 5.42. The highest BCUT2D eigenvalue weighted by atomic mass is 16.3. The average Bonchev–Trinajstić information content (AvgIpc) is 2.63. The van der Waals surface area contributed by atoms with Gasteiger partial charge in [0.05, 0.1) is 12.2 Å². The van der Waals surface area contributed by atoms with E-state index < -0.39 is 12.2 Å². The molecule has 5 heteroatoms. The van der Waals surface area contributed by atoms with E-state index in [1.54, 1.807) is 4.90 Å². The zero-order valence-electron chi connectivity index (χ0n) is 10.1. The normalized spacial score (nSPS) is 38.4. The molecule has 1 aliphatic heterocycles. The molecule has 2 fully saturated rings. The van der Waals surface area contributed by atoms with Crippen molar-refractivity contribution in [3.05, 3.63) is 0 Å². The highest BCUT2D eigenvalue weighted by Gasteiger charge is 2.33. The summed E-state index contributed by atoms with van der Waals surface area (Å²) in [6.07, 6.45) is 3.02. The second kappa shape index (κ2) is 5.33. The van der Waals surface area contributed by atoms with Crippen molar-refractivity contribution in [3.63, 3.8) is 0 Å². The van der Waals surface area contributed by atoms with Gasteiger partial charge in [-0.15, -0.1) is 0 Å². The number of carbonyl (C=O) groups excluding carboxylic acids is 1. The van der Waals surface area contributed by atoms with Crippen LogP contribution in [-0.2, 0) is 4.79 Å².